The number of nitrogens with one attached hydrogen (secondary N) is 2. The van der Waals surface area contributed by atoms with Gasteiger partial charge in [0.2, 0.25) is 5.91 Å². The van der Waals surface area contributed by atoms with Crippen molar-refractivity contribution < 1.29 is 9.59 Å². The minimum absolute atomic E-state index is 0.0311. The van der Waals surface area contributed by atoms with Crippen molar-refractivity contribution in [3.8, 4) is 0 Å². The van der Waals surface area contributed by atoms with E-state index in [-0.39, 0.29) is 11.7 Å². The Morgan fingerprint density at radius 3 is 2.46 bits per heavy atom. The average Bonchev–Trinajstić information content (AvgIpc) is 2.62. The fourth-order valence-electron chi connectivity index (χ4n) is 3.10. The number of rotatable bonds is 5. The van der Waals surface area contributed by atoms with Crippen LogP contribution in [-0.4, -0.2) is 11.7 Å². The fraction of sp³-hybridized carbons (Fsp3) is 0.273. The molecule has 0 unspecified atom stereocenters. The minimum Gasteiger partial charge on any atom is -0.359 e. The number of para-hydroxylation sites is 1. The van der Waals surface area contributed by atoms with Crippen LogP contribution in [0.4, 0.5) is 11.4 Å². The van der Waals surface area contributed by atoms with E-state index in [1.807, 2.05) is 62.4 Å². The number of carbonyl (C=O) groups is 2. The third-order valence-corrected chi connectivity index (χ3v) is 4.73. The van der Waals surface area contributed by atoms with Crippen LogP contribution in [0.5, 0.6) is 0 Å². The molecule has 2 N–H and O–H groups in total. The highest BCUT2D eigenvalue weighted by Crippen LogP contribution is 2.24. The molecule has 2 aromatic carbocycles. The second kappa shape index (κ2) is 8.00. The quantitative estimate of drug-likeness (QED) is 0.829. The highest BCUT2D eigenvalue weighted by molar-refractivity contribution is 5.97. The summed E-state index contributed by atoms with van der Waals surface area (Å²) in [6.45, 7) is 3.86. The maximum absolute atomic E-state index is 12.2. The molecule has 0 bridgehead atoms. The molecule has 1 aliphatic rings. The number of anilines is 2. The largest absolute Gasteiger partial charge is 0.359 e. The van der Waals surface area contributed by atoms with Gasteiger partial charge in [0.25, 0.3) is 0 Å². The zero-order chi connectivity index (χ0) is 18.5. The molecule has 3 rings (SSSR count). The Morgan fingerprint density at radius 1 is 1.00 bits per heavy atom. The lowest BCUT2D eigenvalue weighted by molar-refractivity contribution is -0.116. The third kappa shape index (κ3) is 4.39. The summed E-state index contributed by atoms with van der Waals surface area (Å²) in [5, 5.41) is 6.30. The first kappa shape index (κ1) is 17.9. The van der Waals surface area contributed by atoms with Gasteiger partial charge in [0.05, 0.1) is 6.42 Å². The van der Waals surface area contributed by atoms with E-state index in [1.54, 1.807) is 0 Å². The summed E-state index contributed by atoms with van der Waals surface area (Å²) in [4.78, 5) is 24.0. The van der Waals surface area contributed by atoms with Gasteiger partial charge in [-0.25, -0.2) is 0 Å². The Morgan fingerprint density at radius 2 is 1.73 bits per heavy atom. The van der Waals surface area contributed by atoms with Gasteiger partial charge in [-0.2, -0.15) is 0 Å². The summed E-state index contributed by atoms with van der Waals surface area (Å²) in [6, 6.07) is 15.5. The van der Waals surface area contributed by atoms with Gasteiger partial charge < -0.3 is 10.6 Å². The van der Waals surface area contributed by atoms with Crippen LogP contribution in [0.3, 0.4) is 0 Å². The first-order valence-corrected chi connectivity index (χ1v) is 8.97. The van der Waals surface area contributed by atoms with E-state index >= 15 is 0 Å². The maximum Gasteiger partial charge on any atom is 0.228 e. The summed E-state index contributed by atoms with van der Waals surface area (Å²) >= 11 is 0. The van der Waals surface area contributed by atoms with Crippen molar-refractivity contribution in [2.24, 2.45) is 0 Å². The number of aryl methyl sites for hydroxylation is 1. The van der Waals surface area contributed by atoms with Crippen LogP contribution in [-0.2, 0) is 16.0 Å². The standard InChI is InChI=1S/C22H24N2O2/c1-15-6-3-4-7-19(15)24-22(26)14-17-10-12-18(13-11-17)23-20-8-5-9-21(25)16(20)2/h3-4,6-7,10-13,23H,5,8-9,14H2,1-2H3,(H,24,26). The molecule has 1 amide bonds. The predicted octanol–water partition coefficient (Wildman–Crippen LogP) is 4.62. The lowest BCUT2D eigenvalue weighted by atomic mass is 9.96. The molecule has 0 radical (unpaired) electrons. The Bertz CT molecular complexity index is 851. The molecule has 4 heteroatoms. The molecule has 0 heterocycles. The van der Waals surface area contributed by atoms with Crippen LogP contribution in [0.25, 0.3) is 0 Å². The topological polar surface area (TPSA) is 58.2 Å². The average molecular weight is 348 g/mol. The van der Waals surface area contributed by atoms with Gasteiger partial charge in [0, 0.05) is 29.1 Å². The van der Waals surface area contributed by atoms with E-state index in [4.69, 9.17) is 0 Å². The maximum atomic E-state index is 12.2. The number of allylic oxidation sites excluding steroid dienone is 2. The number of Topliss-reactive ketones (excluding diaryl/α,β-unsaturated/α-hetero) is 1. The Hall–Kier alpha value is -2.88. The zero-order valence-corrected chi connectivity index (χ0v) is 15.3. The van der Waals surface area contributed by atoms with Gasteiger partial charge in [0.15, 0.2) is 5.78 Å². The van der Waals surface area contributed by atoms with Crippen molar-refractivity contribution in [3.05, 3.63) is 70.9 Å². The Balaban J connectivity index is 1.61. The molecule has 0 aromatic heterocycles. The van der Waals surface area contributed by atoms with Crippen molar-refractivity contribution in [2.75, 3.05) is 10.6 Å². The van der Waals surface area contributed by atoms with Crippen molar-refractivity contribution in [1.29, 1.82) is 0 Å². The normalized spacial score (nSPS) is 14.3. The number of benzene rings is 2. The summed E-state index contributed by atoms with van der Waals surface area (Å²) < 4.78 is 0. The summed E-state index contributed by atoms with van der Waals surface area (Å²) in [5.41, 5.74) is 5.62. The number of ketones is 1. The molecule has 26 heavy (non-hydrogen) atoms. The second-order valence-electron chi connectivity index (χ2n) is 6.74. The van der Waals surface area contributed by atoms with Crippen molar-refractivity contribution in [2.45, 2.75) is 39.5 Å². The van der Waals surface area contributed by atoms with Crippen LogP contribution >= 0.6 is 0 Å². The molecule has 2 aromatic rings. The first-order chi connectivity index (χ1) is 12.5. The lowest BCUT2D eigenvalue weighted by Crippen LogP contribution is -2.15. The van der Waals surface area contributed by atoms with Gasteiger partial charge in [-0.15, -0.1) is 0 Å². The van der Waals surface area contributed by atoms with E-state index in [9.17, 15) is 9.59 Å². The second-order valence-corrected chi connectivity index (χ2v) is 6.74. The summed E-state index contributed by atoms with van der Waals surface area (Å²) in [7, 11) is 0. The van der Waals surface area contributed by atoms with Crippen LogP contribution in [0.1, 0.15) is 37.3 Å². The molecule has 4 nitrogen and oxygen atoms in total. The van der Waals surface area contributed by atoms with Crippen LogP contribution < -0.4 is 10.6 Å². The van der Waals surface area contributed by atoms with Crippen molar-refractivity contribution in [3.63, 3.8) is 0 Å². The highest BCUT2D eigenvalue weighted by atomic mass is 16.1. The van der Waals surface area contributed by atoms with Crippen molar-refractivity contribution in [1.82, 2.24) is 0 Å². The van der Waals surface area contributed by atoms with E-state index in [1.165, 1.54) is 0 Å². The smallest absolute Gasteiger partial charge is 0.228 e. The molecule has 1 aliphatic carbocycles. The summed E-state index contributed by atoms with van der Waals surface area (Å²) in [6.07, 6.45) is 2.77. The molecular weight excluding hydrogens is 324 g/mol. The van der Waals surface area contributed by atoms with E-state index in [0.29, 0.717) is 12.8 Å². The third-order valence-electron chi connectivity index (χ3n) is 4.73. The molecule has 0 saturated heterocycles. The number of amides is 1. The lowest BCUT2D eigenvalue weighted by Gasteiger charge is -2.18. The molecule has 0 atom stereocenters. The number of hydrogen-bond donors (Lipinski definition) is 2. The summed E-state index contributed by atoms with van der Waals surface area (Å²) in [5.74, 6) is 0.194. The fourth-order valence-corrected chi connectivity index (χ4v) is 3.10. The number of carbonyl (C=O) groups excluding carboxylic acids is 2. The molecule has 0 saturated carbocycles. The molecule has 0 aliphatic heterocycles. The number of hydrogen-bond acceptors (Lipinski definition) is 3. The van der Waals surface area contributed by atoms with E-state index in [0.717, 1.165) is 46.6 Å². The predicted molar refractivity (Wildman–Crippen MR) is 105 cm³/mol. The Kier molecular flexibility index (Phi) is 5.52. The molecule has 134 valence electrons. The van der Waals surface area contributed by atoms with Crippen LogP contribution in [0, 0.1) is 6.92 Å². The highest BCUT2D eigenvalue weighted by Gasteiger charge is 2.16. The first-order valence-electron chi connectivity index (χ1n) is 8.97. The van der Waals surface area contributed by atoms with Gasteiger partial charge in [-0.1, -0.05) is 30.3 Å². The van der Waals surface area contributed by atoms with Gasteiger partial charge in [0.1, 0.15) is 0 Å². The zero-order valence-electron chi connectivity index (χ0n) is 15.3. The molecular formula is C22H24N2O2. The minimum atomic E-state index is -0.0311. The van der Waals surface area contributed by atoms with E-state index in [2.05, 4.69) is 10.6 Å². The molecule has 0 fully saturated rings. The van der Waals surface area contributed by atoms with Gasteiger partial charge in [-0.05, 0) is 56.0 Å². The monoisotopic (exact) mass is 348 g/mol. The van der Waals surface area contributed by atoms with Gasteiger partial charge >= 0.3 is 0 Å². The molecule has 0 spiro atoms. The van der Waals surface area contributed by atoms with Crippen LogP contribution in [0.2, 0.25) is 0 Å². The Labute approximate surface area is 154 Å². The van der Waals surface area contributed by atoms with Crippen molar-refractivity contribution >= 4 is 23.1 Å². The van der Waals surface area contributed by atoms with Crippen LogP contribution in [0.15, 0.2) is 59.8 Å². The van der Waals surface area contributed by atoms with Gasteiger partial charge in [-0.3, -0.25) is 9.59 Å². The SMILES string of the molecule is CC1=C(Nc2ccc(CC(=O)Nc3ccccc3C)cc2)CCCC1=O. The van der Waals surface area contributed by atoms with E-state index < -0.39 is 0 Å².